The Bertz CT molecular complexity index is 476. The number of nitrogen functional groups attached to an aromatic ring is 1. The second kappa shape index (κ2) is 4.61. The van der Waals surface area contributed by atoms with Crippen LogP contribution in [-0.2, 0) is 6.42 Å². The smallest absolute Gasteiger partial charge is 0.225 e. The number of rotatable bonds is 3. The van der Waals surface area contributed by atoms with E-state index < -0.39 is 0 Å². The van der Waals surface area contributed by atoms with Gasteiger partial charge in [0.05, 0.1) is 0 Å². The van der Waals surface area contributed by atoms with E-state index in [-0.39, 0.29) is 0 Å². The van der Waals surface area contributed by atoms with Gasteiger partial charge in [0.15, 0.2) is 0 Å². The quantitative estimate of drug-likeness (QED) is 0.828. The minimum absolute atomic E-state index is 0.423. The lowest BCUT2D eigenvalue weighted by Crippen LogP contribution is -1.89. The molecule has 0 saturated heterocycles. The Morgan fingerprint density at radius 2 is 2.00 bits per heavy atom. The summed E-state index contributed by atoms with van der Waals surface area (Å²) in [5.41, 5.74) is 8.60. The van der Waals surface area contributed by atoms with Crippen molar-refractivity contribution in [2.24, 2.45) is 0 Å². The van der Waals surface area contributed by atoms with Crippen molar-refractivity contribution < 1.29 is 4.52 Å². The van der Waals surface area contributed by atoms with Crippen molar-refractivity contribution in [2.75, 3.05) is 12.0 Å². The minimum atomic E-state index is 0.423. The summed E-state index contributed by atoms with van der Waals surface area (Å²) < 4.78 is 5.02. The topological polar surface area (TPSA) is 52.0 Å². The van der Waals surface area contributed by atoms with E-state index in [9.17, 15) is 0 Å². The van der Waals surface area contributed by atoms with Crippen LogP contribution < -0.4 is 5.73 Å². The average Bonchev–Trinajstić information content (AvgIpc) is 2.70. The molecule has 84 valence electrons. The molecule has 2 rings (SSSR count). The Balaban J connectivity index is 2.42. The molecule has 0 aliphatic heterocycles. The minimum Gasteiger partial charge on any atom is -0.367 e. The summed E-state index contributed by atoms with van der Waals surface area (Å²) in [6.45, 7) is 2.04. The maximum absolute atomic E-state index is 5.71. The summed E-state index contributed by atoms with van der Waals surface area (Å²) in [7, 11) is 0. The zero-order chi connectivity index (χ0) is 11.5. The van der Waals surface area contributed by atoms with Gasteiger partial charge in [-0.05, 0) is 24.8 Å². The molecule has 0 saturated carbocycles. The van der Waals surface area contributed by atoms with Gasteiger partial charge in [-0.3, -0.25) is 0 Å². The number of thioether (sulfide) groups is 1. The zero-order valence-electron chi connectivity index (χ0n) is 9.36. The Kier molecular flexibility index (Phi) is 3.19. The molecule has 4 heteroatoms. The van der Waals surface area contributed by atoms with Gasteiger partial charge in [0.25, 0.3) is 0 Å². The lowest BCUT2D eigenvalue weighted by atomic mass is 10.1. The first-order chi connectivity index (χ1) is 7.76. The van der Waals surface area contributed by atoms with Crippen molar-refractivity contribution in [3.63, 3.8) is 0 Å². The van der Waals surface area contributed by atoms with Crippen molar-refractivity contribution in [3.8, 4) is 11.3 Å². The first kappa shape index (κ1) is 11.1. The SMILES string of the molecule is CCc1c(-c2ccc(SC)cc2)noc1N. The maximum atomic E-state index is 5.71. The molecule has 0 fully saturated rings. The molecular formula is C12H14N2OS. The summed E-state index contributed by atoms with van der Waals surface area (Å²) in [6, 6.07) is 8.24. The maximum Gasteiger partial charge on any atom is 0.225 e. The molecule has 1 aromatic carbocycles. The fourth-order valence-electron chi connectivity index (χ4n) is 1.64. The normalized spacial score (nSPS) is 10.6. The van der Waals surface area contributed by atoms with Crippen LogP contribution in [0.2, 0.25) is 0 Å². The van der Waals surface area contributed by atoms with E-state index in [4.69, 9.17) is 10.3 Å². The molecule has 0 aliphatic carbocycles. The number of nitrogens with zero attached hydrogens (tertiary/aromatic N) is 1. The predicted molar refractivity (Wildman–Crippen MR) is 67.5 cm³/mol. The third-order valence-electron chi connectivity index (χ3n) is 2.54. The largest absolute Gasteiger partial charge is 0.367 e. The van der Waals surface area contributed by atoms with E-state index in [1.807, 2.05) is 19.1 Å². The molecule has 0 radical (unpaired) electrons. The Morgan fingerprint density at radius 3 is 2.56 bits per heavy atom. The molecule has 0 atom stereocenters. The van der Waals surface area contributed by atoms with E-state index >= 15 is 0 Å². The molecule has 0 amide bonds. The highest BCUT2D eigenvalue weighted by molar-refractivity contribution is 7.98. The molecule has 0 aliphatic rings. The van der Waals surface area contributed by atoms with Gasteiger partial charge < -0.3 is 10.3 Å². The summed E-state index contributed by atoms with van der Waals surface area (Å²) in [5.74, 6) is 0.423. The van der Waals surface area contributed by atoms with Gasteiger partial charge >= 0.3 is 0 Å². The van der Waals surface area contributed by atoms with Gasteiger partial charge in [-0.1, -0.05) is 24.2 Å². The van der Waals surface area contributed by atoms with E-state index in [1.165, 1.54) is 4.90 Å². The van der Waals surface area contributed by atoms with Crippen molar-refractivity contribution >= 4 is 17.6 Å². The third kappa shape index (κ3) is 1.93. The van der Waals surface area contributed by atoms with Crippen LogP contribution in [0.1, 0.15) is 12.5 Å². The first-order valence-electron chi connectivity index (χ1n) is 5.14. The first-order valence-corrected chi connectivity index (χ1v) is 6.37. The van der Waals surface area contributed by atoms with E-state index in [1.54, 1.807) is 11.8 Å². The fraction of sp³-hybridized carbons (Fsp3) is 0.250. The van der Waals surface area contributed by atoms with Crippen LogP contribution in [0.15, 0.2) is 33.7 Å². The number of benzene rings is 1. The summed E-state index contributed by atoms with van der Waals surface area (Å²) in [5, 5.41) is 4.01. The lowest BCUT2D eigenvalue weighted by Gasteiger charge is -2.00. The van der Waals surface area contributed by atoms with Crippen molar-refractivity contribution in [3.05, 3.63) is 29.8 Å². The zero-order valence-corrected chi connectivity index (χ0v) is 10.2. The van der Waals surface area contributed by atoms with E-state index in [0.717, 1.165) is 23.2 Å². The summed E-state index contributed by atoms with van der Waals surface area (Å²) in [6.07, 6.45) is 2.88. The lowest BCUT2D eigenvalue weighted by molar-refractivity contribution is 0.438. The Morgan fingerprint density at radius 1 is 1.31 bits per heavy atom. The number of hydrogen-bond donors (Lipinski definition) is 1. The fourth-order valence-corrected chi connectivity index (χ4v) is 2.05. The second-order valence-corrected chi connectivity index (χ2v) is 4.34. The highest BCUT2D eigenvalue weighted by Crippen LogP contribution is 2.28. The number of hydrogen-bond acceptors (Lipinski definition) is 4. The average molecular weight is 234 g/mol. The van der Waals surface area contributed by atoms with Gasteiger partial charge in [0.1, 0.15) is 5.69 Å². The molecule has 16 heavy (non-hydrogen) atoms. The Hall–Kier alpha value is -1.42. The second-order valence-electron chi connectivity index (χ2n) is 3.46. The third-order valence-corrected chi connectivity index (χ3v) is 3.28. The predicted octanol–water partition coefficient (Wildman–Crippen LogP) is 3.21. The molecule has 0 spiro atoms. The number of anilines is 1. The van der Waals surface area contributed by atoms with Gasteiger partial charge in [-0.15, -0.1) is 11.8 Å². The van der Waals surface area contributed by atoms with Crippen LogP contribution in [0.25, 0.3) is 11.3 Å². The number of aromatic nitrogens is 1. The molecule has 2 N–H and O–H groups in total. The highest BCUT2D eigenvalue weighted by atomic mass is 32.2. The van der Waals surface area contributed by atoms with Crippen LogP contribution in [0.4, 0.5) is 5.88 Å². The van der Waals surface area contributed by atoms with Crippen molar-refractivity contribution in [1.82, 2.24) is 5.16 Å². The Labute approximate surface area is 99.0 Å². The molecule has 3 nitrogen and oxygen atoms in total. The van der Waals surface area contributed by atoms with Gasteiger partial charge in [-0.2, -0.15) is 0 Å². The molecule has 1 heterocycles. The monoisotopic (exact) mass is 234 g/mol. The molecule has 1 aromatic heterocycles. The van der Waals surface area contributed by atoms with Crippen molar-refractivity contribution in [1.29, 1.82) is 0 Å². The highest BCUT2D eigenvalue weighted by Gasteiger charge is 2.13. The van der Waals surface area contributed by atoms with E-state index in [2.05, 4.69) is 23.5 Å². The summed E-state index contributed by atoms with van der Waals surface area (Å²) in [4.78, 5) is 1.23. The van der Waals surface area contributed by atoms with Crippen LogP contribution in [-0.4, -0.2) is 11.4 Å². The van der Waals surface area contributed by atoms with Gasteiger partial charge in [0.2, 0.25) is 5.88 Å². The molecular weight excluding hydrogens is 220 g/mol. The van der Waals surface area contributed by atoms with Crippen LogP contribution >= 0.6 is 11.8 Å². The van der Waals surface area contributed by atoms with Gasteiger partial charge in [-0.25, -0.2) is 0 Å². The standard InChI is InChI=1S/C12H14N2OS/c1-3-10-11(14-15-12(10)13)8-4-6-9(16-2)7-5-8/h4-7H,3,13H2,1-2H3. The molecule has 2 aromatic rings. The number of nitrogens with two attached hydrogens (primary N) is 1. The van der Waals surface area contributed by atoms with E-state index in [0.29, 0.717) is 5.88 Å². The van der Waals surface area contributed by atoms with Crippen LogP contribution in [0.5, 0.6) is 0 Å². The van der Waals surface area contributed by atoms with Crippen molar-refractivity contribution in [2.45, 2.75) is 18.2 Å². The molecule has 0 unspecified atom stereocenters. The van der Waals surface area contributed by atoms with Crippen LogP contribution in [0.3, 0.4) is 0 Å². The van der Waals surface area contributed by atoms with Crippen LogP contribution in [0, 0.1) is 0 Å². The van der Waals surface area contributed by atoms with Gasteiger partial charge in [0, 0.05) is 16.0 Å². The molecule has 0 bridgehead atoms. The summed E-state index contributed by atoms with van der Waals surface area (Å²) >= 11 is 1.72.